The lowest BCUT2D eigenvalue weighted by molar-refractivity contribution is 0.0953. The largest absolute Gasteiger partial charge is 0.493 e. The number of guanidine groups is 1. The van der Waals surface area contributed by atoms with E-state index in [1.165, 1.54) is 0 Å². The molecule has 3 N–H and O–H groups in total. The second-order valence-corrected chi connectivity index (χ2v) is 6.78. The number of rotatable bonds is 10. The van der Waals surface area contributed by atoms with Gasteiger partial charge in [-0.3, -0.25) is 9.79 Å². The highest BCUT2D eigenvalue weighted by Gasteiger charge is 2.07. The van der Waals surface area contributed by atoms with Crippen LogP contribution >= 0.6 is 0 Å². The first-order chi connectivity index (χ1) is 14.6. The van der Waals surface area contributed by atoms with E-state index in [0.717, 1.165) is 24.0 Å². The van der Waals surface area contributed by atoms with E-state index in [-0.39, 0.29) is 5.91 Å². The average molecular weight is 413 g/mol. The molecule has 7 heteroatoms. The van der Waals surface area contributed by atoms with Gasteiger partial charge in [0.1, 0.15) is 0 Å². The Morgan fingerprint density at radius 2 is 1.53 bits per heavy atom. The summed E-state index contributed by atoms with van der Waals surface area (Å²) in [7, 11) is 4.97. The molecule has 0 heterocycles. The molecule has 0 aliphatic carbocycles. The molecule has 0 saturated carbocycles. The van der Waals surface area contributed by atoms with Crippen LogP contribution in [0.3, 0.4) is 0 Å². The van der Waals surface area contributed by atoms with Gasteiger partial charge in [0.05, 0.1) is 14.2 Å². The molecule has 162 valence electrons. The highest BCUT2D eigenvalue weighted by atomic mass is 16.5. The molecule has 2 aromatic carbocycles. The zero-order chi connectivity index (χ0) is 21.8. The molecular formula is C23H32N4O3. The number of hydrogen-bond acceptors (Lipinski definition) is 4. The topological polar surface area (TPSA) is 84.0 Å². The van der Waals surface area contributed by atoms with E-state index in [4.69, 9.17) is 9.47 Å². The van der Waals surface area contributed by atoms with Crippen LogP contribution in [0, 0.1) is 0 Å². The first-order valence-corrected chi connectivity index (χ1v) is 10.1. The van der Waals surface area contributed by atoms with E-state index in [1.807, 2.05) is 42.5 Å². The van der Waals surface area contributed by atoms with Gasteiger partial charge >= 0.3 is 0 Å². The summed E-state index contributed by atoms with van der Waals surface area (Å²) in [5, 5.41) is 9.49. The molecule has 2 rings (SSSR count). The SMILES string of the molecule is CCCCNC(=O)c1ccc(CNC(=NC)NCc2ccc(OC)c(OC)c2)cc1. The highest BCUT2D eigenvalue weighted by molar-refractivity contribution is 5.94. The number of ether oxygens (including phenoxy) is 2. The van der Waals surface area contributed by atoms with E-state index >= 15 is 0 Å². The standard InChI is InChI=1S/C23H32N4O3/c1-5-6-13-25-22(28)19-10-7-17(8-11-19)15-26-23(24-2)27-16-18-9-12-20(29-3)21(14-18)30-4/h7-12,14H,5-6,13,15-16H2,1-4H3,(H,25,28)(H2,24,26,27). The number of methoxy groups -OCH3 is 2. The van der Waals surface area contributed by atoms with Crippen LogP contribution in [-0.4, -0.2) is 39.7 Å². The molecule has 1 amide bonds. The van der Waals surface area contributed by atoms with E-state index in [0.29, 0.717) is 42.7 Å². The lowest BCUT2D eigenvalue weighted by atomic mass is 10.1. The number of carbonyl (C=O) groups excluding carboxylic acids is 1. The number of hydrogen-bond donors (Lipinski definition) is 3. The van der Waals surface area contributed by atoms with Gasteiger partial charge in [-0.2, -0.15) is 0 Å². The summed E-state index contributed by atoms with van der Waals surface area (Å²) in [6.07, 6.45) is 2.05. The monoisotopic (exact) mass is 412 g/mol. The minimum Gasteiger partial charge on any atom is -0.493 e. The molecule has 0 aliphatic heterocycles. The zero-order valence-corrected chi connectivity index (χ0v) is 18.2. The molecule has 7 nitrogen and oxygen atoms in total. The first kappa shape index (κ1) is 23.1. The molecular weight excluding hydrogens is 380 g/mol. The van der Waals surface area contributed by atoms with E-state index < -0.39 is 0 Å². The normalized spacial score (nSPS) is 11.0. The molecule has 0 saturated heterocycles. The highest BCUT2D eigenvalue weighted by Crippen LogP contribution is 2.27. The fourth-order valence-corrected chi connectivity index (χ4v) is 2.84. The van der Waals surface area contributed by atoms with Gasteiger partial charge in [0, 0.05) is 32.2 Å². The van der Waals surface area contributed by atoms with Gasteiger partial charge in [0.25, 0.3) is 5.91 Å². The Balaban J connectivity index is 1.85. The van der Waals surface area contributed by atoms with Gasteiger partial charge in [0.2, 0.25) is 0 Å². The smallest absolute Gasteiger partial charge is 0.251 e. The van der Waals surface area contributed by atoms with Crippen molar-refractivity contribution >= 4 is 11.9 Å². The van der Waals surface area contributed by atoms with E-state index in [9.17, 15) is 4.79 Å². The fraction of sp³-hybridized carbons (Fsp3) is 0.391. The van der Waals surface area contributed by atoms with Crippen LogP contribution in [0.15, 0.2) is 47.5 Å². The second-order valence-electron chi connectivity index (χ2n) is 6.78. The quantitative estimate of drug-likeness (QED) is 0.317. The summed E-state index contributed by atoms with van der Waals surface area (Å²) in [6.45, 7) is 4.01. The van der Waals surface area contributed by atoms with Gasteiger partial charge < -0.3 is 25.4 Å². The van der Waals surface area contributed by atoms with Gasteiger partial charge in [-0.1, -0.05) is 31.5 Å². The van der Waals surface area contributed by atoms with E-state index in [2.05, 4.69) is 27.9 Å². The predicted octanol–water partition coefficient (Wildman–Crippen LogP) is 3.10. The summed E-state index contributed by atoms with van der Waals surface area (Å²) >= 11 is 0. The number of carbonyl (C=O) groups is 1. The molecule has 0 aromatic heterocycles. The Hall–Kier alpha value is -3.22. The van der Waals surface area contributed by atoms with Crippen molar-refractivity contribution in [3.8, 4) is 11.5 Å². The van der Waals surface area contributed by atoms with Crippen molar-refractivity contribution in [1.29, 1.82) is 0 Å². The molecule has 0 spiro atoms. The van der Waals surface area contributed by atoms with Crippen LogP contribution in [0.25, 0.3) is 0 Å². The molecule has 30 heavy (non-hydrogen) atoms. The number of amides is 1. The lowest BCUT2D eigenvalue weighted by Gasteiger charge is -2.14. The molecule has 0 radical (unpaired) electrons. The minimum atomic E-state index is -0.0321. The molecule has 0 aliphatic rings. The summed E-state index contributed by atoms with van der Waals surface area (Å²) in [4.78, 5) is 16.3. The number of aliphatic imine (C=N–C) groups is 1. The summed E-state index contributed by atoms with van der Waals surface area (Å²) in [5.41, 5.74) is 2.79. The first-order valence-electron chi connectivity index (χ1n) is 10.1. The van der Waals surface area contributed by atoms with Crippen molar-refractivity contribution in [2.24, 2.45) is 4.99 Å². The molecule has 0 unspecified atom stereocenters. The maximum absolute atomic E-state index is 12.1. The molecule has 0 fully saturated rings. The van der Waals surface area contributed by atoms with Crippen LogP contribution in [0.2, 0.25) is 0 Å². The van der Waals surface area contributed by atoms with Crippen molar-refractivity contribution in [3.63, 3.8) is 0 Å². The number of unbranched alkanes of at least 4 members (excludes halogenated alkanes) is 1. The van der Waals surface area contributed by atoms with Crippen LogP contribution in [0.5, 0.6) is 11.5 Å². The lowest BCUT2D eigenvalue weighted by Crippen LogP contribution is -2.36. The third kappa shape index (κ3) is 6.99. The number of nitrogens with zero attached hydrogens (tertiary/aromatic N) is 1. The fourth-order valence-electron chi connectivity index (χ4n) is 2.84. The van der Waals surface area contributed by atoms with Crippen molar-refractivity contribution in [3.05, 3.63) is 59.2 Å². The van der Waals surface area contributed by atoms with Crippen LogP contribution < -0.4 is 25.4 Å². The second kappa shape index (κ2) is 12.4. The van der Waals surface area contributed by atoms with Crippen molar-refractivity contribution in [1.82, 2.24) is 16.0 Å². The number of benzene rings is 2. The summed E-state index contributed by atoms with van der Waals surface area (Å²) in [5.74, 6) is 2.05. The predicted molar refractivity (Wildman–Crippen MR) is 120 cm³/mol. The van der Waals surface area contributed by atoms with Crippen molar-refractivity contribution < 1.29 is 14.3 Å². The molecule has 2 aromatic rings. The Morgan fingerprint density at radius 3 is 2.13 bits per heavy atom. The Kier molecular flexibility index (Phi) is 9.51. The minimum absolute atomic E-state index is 0.0321. The van der Waals surface area contributed by atoms with Crippen LogP contribution in [0.1, 0.15) is 41.3 Å². The Labute approximate surface area is 178 Å². The molecule has 0 atom stereocenters. The van der Waals surface area contributed by atoms with Crippen LogP contribution in [-0.2, 0) is 13.1 Å². The zero-order valence-electron chi connectivity index (χ0n) is 18.2. The van der Waals surface area contributed by atoms with E-state index in [1.54, 1.807) is 21.3 Å². The van der Waals surface area contributed by atoms with Gasteiger partial charge in [-0.05, 0) is 41.8 Å². The molecule has 0 bridgehead atoms. The number of nitrogens with one attached hydrogen (secondary N) is 3. The summed E-state index contributed by atoms with van der Waals surface area (Å²) in [6, 6.07) is 13.4. The van der Waals surface area contributed by atoms with Gasteiger partial charge in [-0.15, -0.1) is 0 Å². The maximum atomic E-state index is 12.1. The maximum Gasteiger partial charge on any atom is 0.251 e. The van der Waals surface area contributed by atoms with Crippen molar-refractivity contribution in [2.75, 3.05) is 27.8 Å². The third-order valence-electron chi connectivity index (χ3n) is 4.62. The third-order valence-corrected chi connectivity index (χ3v) is 4.62. The Morgan fingerprint density at radius 1 is 0.900 bits per heavy atom. The van der Waals surface area contributed by atoms with Crippen molar-refractivity contribution in [2.45, 2.75) is 32.9 Å². The van der Waals surface area contributed by atoms with Crippen LogP contribution in [0.4, 0.5) is 0 Å². The Bertz CT molecular complexity index is 835. The van der Waals surface area contributed by atoms with Gasteiger partial charge in [-0.25, -0.2) is 0 Å². The summed E-state index contributed by atoms with van der Waals surface area (Å²) < 4.78 is 10.6. The van der Waals surface area contributed by atoms with Gasteiger partial charge in [0.15, 0.2) is 17.5 Å². The average Bonchev–Trinajstić information content (AvgIpc) is 2.79.